The van der Waals surface area contributed by atoms with Crippen molar-refractivity contribution < 1.29 is 9.53 Å². The molecule has 0 radical (unpaired) electrons. The van der Waals surface area contributed by atoms with Crippen LogP contribution in [0.3, 0.4) is 0 Å². The second-order valence-electron chi connectivity index (χ2n) is 5.54. The maximum absolute atomic E-state index is 12.1. The van der Waals surface area contributed by atoms with Crippen molar-refractivity contribution in [1.82, 2.24) is 9.38 Å². The Morgan fingerprint density at radius 3 is 2.80 bits per heavy atom. The van der Waals surface area contributed by atoms with Gasteiger partial charge in [0, 0.05) is 22.9 Å². The first kappa shape index (κ1) is 17.2. The number of benzene rings is 1. The molecule has 0 N–H and O–H groups in total. The molecular weight excluding hydrogens is 336 g/mol. The van der Waals surface area contributed by atoms with Crippen LogP contribution in [0.5, 0.6) is 0 Å². The molecule has 2 aromatic heterocycles. The third-order valence-electron chi connectivity index (χ3n) is 3.64. The Hall–Kier alpha value is -2.60. The number of ether oxygens (including phenoxy) is 1. The minimum Gasteiger partial charge on any atom is -0.459 e. The maximum atomic E-state index is 12.1. The zero-order valence-corrected chi connectivity index (χ0v) is 14.7. The standard InChI is InChI=1S/C19H18N2O3S/c1-14-6-5-10-21-17(22)12-15(20-19(14)21)13-24-18(23)9-11-25-16-7-3-2-4-8-16/h2-8,10,12H,9,11,13H2,1H3. The number of thioether (sulfide) groups is 1. The molecule has 0 aliphatic heterocycles. The summed E-state index contributed by atoms with van der Waals surface area (Å²) in [4.78, 5) is 29.5. The normalized spacial score (nSPS) is 10.8. The van der Waals surface area contributed by atoms with E-state index < -0.39 is 0 Å². The van der Waals surface area contributed by atoms with Gasteiger partial charge in [0.2, 0.25) is 0 Å². The van der Waals surface area contributed by atoms with Crippen LogP contribution < -0.4 is 5.56 Å². The van der Waals surface area contributed by atoms with E-state index in [0.29, 0.717) is 23.5 Å². The Bertz CT molecular complexity index is 938. The highest BCUT2D eigenvalue weighted by molar-refractivity contribution is 7.99. The van der Waals surface area contributed by atoms with Crippen molar-refractivity contribution in [2.45, 2.75) is 24.8 Å². The van der Waals surface area contributed by atoms with Gasteiger partial charge >= 0.3 is 5.97 Å². The SMILES string of the molecule is Cc1cccn2c(=O)cc(COC(=O)CCSc3ccccc3)nc12. The van der Waals surface area contributed by atoms with Gasteiger partial charge in [0.1, 0.15) is 12.3 Å². The van der Waals surface area contributed by atoms with Crippen LogP contribution in [0.15, 0.2) is 64.4 Å². The number of carbonyl (C=O) groups excluding carboxylic acids is 1. The fraction of sp³-hybridized carbons (Fsp3) is 0.211. The minimum atomic E-state index is -0.296. The summed E-state index contributed by atoms with van der Waals surface area (Å²) in [6, 6.07) is 15.0. The summed E-state index contributed by atoms with van der Waals surface area (Å²) in [7, 11) is 0. The highest BCUT2D eigenvalue weighted by Crippen LogP contribution is 2.18. The smallest absolute Gasteiger partial charge is 0.307 e. The van der Waals surface area contributed by atoms with E-state index >= 15 is 0 Å². The number of hydrogen-bond acceptors (Lipinski definition) is 5. The number of aryl methyl sites for hydroxylation is 1. The van der Waals surface area contributed by atoms with E-state index in [1.165, 1.54) is 10.5 Å². The van der Waals surface area contributed by atoms with Gasteiger partial charge in [-0.1, -0.05) is 24.3 Å². The molecule has 6 heteroatoms. The Morgan fingerprint density at radius 2 is 2.00 bits per heavy atom. The lowest BCUT2D eigenvalue weighted by Crippen LogP contribution is -2.17. The van der Waals surface area contributed by atoms with Gasteiger partial charge in [0.15, 0.2) is 0 Å². The first-order chi connectivity index (χ1) is 12.1. The summed E-state index contributed by atoms with van der Waals surface area (Å²) in [5.74, 6) is 0.352. The van der Waals surface area contributed by atoms with Gasteiger partial charge in [-0.15, -0.1) is 11.8 Å². The van der Waals surface area contributed by atoms with E-state index in [2.05, 4.69) is 4.98 Å². The van der Waals surface area contributed by atoms with Crippen LogP contribution in [0.1, 0.15) is 17.7 Å². The Kier molecular flexibility index (Phi) is 5.50. The molecule has 3 rings (SSSR count). The summed E-state index contributed by atoms with van der Waals surface area (Å²) in [5, 5.41) is 0. The first-order valence-electron chi connectivity index (χ1n) is 7.95. The highest BCUT2D eigenvalue weighted by Gasteiger charge is 2.08. The minimum absolute atomic E-state index is 0.00884. The van der Waals surface area contributed by atoms with Gasteiger partial charge in [-0.05, 0) is 30.7 Å². The van der Waals surface area contributed by atoms with Crippen LogP contribution in [0.4, 0.5) is 0 Å². The third kappa shape index (κ3) is 4.48. The van der Waals surface area contributed by atoms with Gasteiger partial charge < -0.3 is 4.74 Å². The van der Waals surface area contributed by atoms with Crippen LogP contribution in [-0.2, 0) is 16.1 Å². The number of esters is 1. The molecule has 0 fully saturated rings. The summed E-state index contributed by atoms with van der Waals surface area (Å²) >= 11 is 1.61. The van der Waals surface area contributed by atoms with Crippen molar-refractivity contribution >= 4 is 23.4 Å². The highest BCUT2D eigenvalue weighted by atomic mass is 32.2. The lowest BCUT2D eigenvalue weighted by atomic mass is 10.3. The predicted molar refractivity (Wildman–Crippen MR) is 97.8 cm³/mol. The van der Waals surface area contributed by atoms with Gasteiger partial charge in [-0.3, -0.25) is 14.0 Å². The number of rotatable bonds is 6. The number of fused-ring (bicyclic) bond motifs is 1. The average molecular weight is 354 g/mol. The quantitative estimate of drug-likeness (QED) is 0.502. The molecule has 0 spiro atoms. The monoisotopic (exact) mass is 354 g/mol. The molecule has 0 atom stereocenters. The van der Waals surface area contributed by atoms with Crippen LogP contribution in [-0.4, -0.2) is 21.1 Å². The number of hydrogen-bond donors (Lipinski definition) is 0. The van der Waals surface area contributed by atoms with Gasteiger partial charge in [-0.2, -0.15) is 0 Å². The molecule has 25 heavy (non-hydrogen) atoms. The van der Waals surface area contributed by atoms with Crippen molar-refractivity contribution in [2.75, 3.05) is 5.75 Å². The molecule has 0 amide bonds. The molecule has 0 bridgehead atoms. The van der Waals surface area contributed by atoms with E-state index in [9.17, 15) is 9.59 Å². The summed E-state index contributed by atoms with van der Waals surface area (Å²) in [6.45, 7) is 1.90. The summed E-state index contributed by atoms with van der Waals surface area (Å²) in [6.07, 6.45) is 1.99. The Balaban J connectivity index is 1.56. The number of nitrogens with zero attached hydrogens (tertiary/aromatic N) is 2. The Labute approximate surface area is 149 Å². The molecule has 1 aromatic carbocycles. The lowest BCUT2D eigenvalue weighted by molar-refractivity contribution is -0.144. The van der Waals surface area contributed by atoms with E-state index in [1.54, 1.807) is 24.0 Å². The van der Waals surface area contributed by atoms with Crippen LogP contribution in [0.25, 0.3) is 5.65 Å². The second-order valence-corrected chi connectivity index (χ2v) is 6.71. The molecule has 0 saturated heterocycles. The van der Waals surface area contributed by atoms with Crippen LogP contribution >= 0.6 is 11.8 Å². The predicted octanol–water partition coefficient (Wildman–Crippen LogP) is 3.23. The van der Waals surface area contributed by atoms with Crippen molar-refractivity contribution in [3.05, 3.63) is 76.3 Å². The zero-order chi connectivity index (χ0) is 17.6. The molecular formula is C19H18N2O3S. The maximum Gasteiger partial charge on any atom is 0.307 e. The molecule has 5 nitrogen and oxygen atoms in total. The van der Waals surface area contributed by atoms with Crippen LogP contribution in [0, 0.1) is 6.92 Å². The Morgan fingerprint density at radius 1 is 1.20 bits per heavy atom. The van der Waals surface area contributed by atoms with Gasteiger partial charge in [-0.25, -0.2) is 4.98 Å². The summed E-state index contributed by atoms with van der Waals surface area (Å²) < 4.78 is 6.73. The number of aromatic nitrogens is 2. The topological polar surface area (TPSA) is 60.7 Å². The van der Waals surface area contributed by atoms with Gasteiger partial charge in [0.25, 0.3) is 5.56 Å². The number of pyridine rings is 1. The average Bonchev–Trinajstić information content (AvgIpc) is 2.62. The molecule has 0 aliphatic rings. The molecule has 128 valence electrons. The van der Waals surface area contributed by atoms with Gasteiger partial charge in [0.05, 0.1) is 12.1 Å². The number of carbonyl (C=O) groups is 1. The lowest BCUT2D eigenvalue weighted by Gasteiger charge is -2.07. The summed E-state index contributed by atoms with van der Waals surface area (Å²) in [5.41, 5.74) is 1.76. The van der Waals surface area contributed by atoms with E-state index in [0.717, 1.165) is 10.5 Å². The molecule has 0 aliphatic carbocycles. The van der Waals surface area contributed by atoms with Crippen LogP contribution in [0.2, 0.25) is 0 Å². The molecule has 2 heterocycles. The van der Waals surface area contributed by atoms with Crippen molar-refractivity contribution in [3.63, 3.8) is 0 Å². The van der Waals surface area contributed by atoms with Crippen molar-refractivity contribution in [1.29, 1.82) is 0 Å². The van der Waals surface area contributed by atoms with E-state index in [-0.39, 0.29) is 18.1 Å². The molecule has 3 aromatic rings. The largest absolute Gasteiger partial charge is 0.459 e. The van der Waals surface area contributed by atoms with E-state index in [1.807, 2.05) is 43.3 Å². The van der Waals surface area contributed by atoms with Crippen molar-refractivity contribution in [2.24, 2.45) is 0 Å². The zero-order valence-electron chi connectivity index (χ0n) is 13.8. The fourth-order valence-corrected chi connectivity index (χ4v) is 3.23. The first-order valence-corrected chi connectivity index (χ1v) is 8.93. The molecule has 0 saturated carbocycles. The van der Waals surface area contributed by atoms with Crippen molar-refractivity contribution in [3.8, 4) is 0 Å². The fourth-order valence-electron chi connectivity index (χ4n) is 2.38. The third-order valence-corrected chi connectivity index (χ3v) is 4.65. The molecule has 0 unspecified atom stereocenters. The van der Waals surface area contributed by atoms with E-state index in [4.69, 9.17) is 4.74 Å². The second kappa shape index (κ2) is 7.98.